The van der Waals surface area contributed by atoms with E-state index in [0.29, 0.717) is 17.1 Å². The quantitative estimate of drug-likeness (QED) is 0.622. The van der Waals surface area contributed by atoms with E-state index < -0.39 is 5.97 Å². The van der Waals surface area contributed by atoms with Crippen molar-refractivity contribution in [1.29, 1.82) is 0 Å². The maximum atomic E-state index is 12.2. The normalized spacial score (nSPS) is 10.1. The monoisotopic (exact) mass is 256 g/mol. The average Bonchev–Trinajstić information content (AvgIpc) is 2.42. The molecule has 2 aromatic carbocycles. The number of rotatable bonds is 3. The van der Waals surface area contributed by atoms with Crippen molar-refractivity contribution < 1.29 is 14.3 Å². The molecule has 0 heterocycles. The summed E-state index contributed by atoms with van der Waals surface area (Å²) in [6, 6.07) is 12.8. The van der Waals surface area contributed by atoms with Crippen LogP contribution in [-0.4, -0.2) is 13.1 Å². The molecule has 0 saturated heterocycles. The van der Waals surface area contributed by atoms with Gasteiger partial charge in [-0.15, -0.1) is 0 Å². The number of ether oxygens (including phenoxy) is 2. The highest BCUT2D eigenvalue weighted by Gasteiger charge is 2.15. The number of esters is 1. The van der Waals surface area contributed by atoms with Crippen molar-refractivity contribution in [3.8, 4) is 11.5 Å². The number of para-hydroxylation sites is 2. The van der Waals surface area contributed by atoms with E-state index in [-0.39, 0.29) is 0 Å². The third-order valence-electron chi connectivity index (χ3n) is 2.93. The Bertz CT molecular complexity index is 582. The second kappa shape index (κ2) is 5.57. The molecule has 0 radical (unpaired) electrons. The van der Waals surface area contributed by atoms with E-state index in [1.165, 1.54) is 7.11 Å². The zero-order valence-corrected chi connectivity index (χ0v) is 11.3. The fourth-order valence-corrected chi connectivity index (χ4v) is 1.92. The highest BCUT2D eigenvalue weighted by atomic mass is 16.5. The molecule has 2 rings (SSSR count). The minimum atomic E-state index is -0.408. The molecule has 2 aromatic rings. The fourth-order valence-electron chi connectivity index (χ4n) is 1.92. The van der Waals surface area contributed by atoms with Crippen LogP contribution >= 0.6 is 0 Å². The summed E-state index contributed by atoms with van der Waals surface area (Å²) in [5, 5.41) is 0. The van der Waals surface area contributed by atoms with E-state index in [4.69, 9.17) is 9.47 Å². The molecule has 3 nitrogen and oxygen atoms in total. The van der Waals surface area contributed by atoms with Gasteiger partial charge in [-0.2, -0.15) is 0 Å². The summed E-state index contributed by atoms with van der Waals surface area (Å²) in [6.07, 6.45) is 0. The molecule has 0 fully saturated rings. The fraction of sp³-hybridized carbons (Fsp3) is 0.188. The standard InChI is InChI=1S/C16H16O3/c1-11-7-6-8-12(2)15(11)19-16(17)13-9-4-5-10-14(13)18-3/h4-10H,1-3H3. The number of hydrogen-bond donors (Lipinski definition) is 0. The molecule has 0 aromatic heterocycles. The molecule has 0 bridgehead atoms. The summed E-state index contributed by atoms with van der Waals surface area (Å²) in [6.45, 7) is 3.83. The molecule has 0 atom stereocenters. The maximum Gasteiger partial charge on any atom is 0.347 e. The van der Waals surface area contributed by atoms with Gasteiger partial charge in [-0.25, -0.2) is 4.79 Å². The van der Waals surface area contributed by atoms with Gasteiger partial charge in [0.25, 0.3) is 0 Å². The largest absolute Gasteiger partial charge is 0.496 e. The van der Waals surface area contributed by atoms with Crippen molar-refractivity contribution in [1.82, 2.24) is 0 Å². The van der Waals surface area contributed by atoms with Crippen molar-refractivity contribution >= 4 is 5.97 Å². The summed E-state index contributed by atoms with van der Waals surface area (Å²) >= 11 is 0. The molecular weight excluding hydrogens is 240 g/mol. The van der Waals surface area contributed by atoms with Crippen molar-refractivity contribution in [3.05, 3.63) is 59.2 Å². The smallest absolute Gasteiger partial charge is 0.347 e. The molecule has 0 aliphatic rings. The molecule has 0 amide bonds. The van der Waals surface area contributed by atoms with Gasteiger partial charge in [0, 0.05) is 0 Å². The number of hydrogen-bond acceptors (Lipinski definition) is 3. The van der Waals surface area contributed by atoms with Gasteiger partial charge in [0.1, 0.15) is 17.1 Å². The maximum absolute atomic E-state index is 12.2. The highest BCUT2D eigenvalue weighted by Crippen LogP contribution is 2.25. The van der Waals surface area contributed by atoms with Gasteiger partial charge in [-0.3, -0.25) is 0 Å². The van der Waals surface area contributed by atoms with Gasteiger partial charge in [-0.1, -0.05) is 30.3 Å². The molecule has 19 heavy (non-hydrogen) atoms. The Morgan fingerprint density at radius 2 is 1.58 bits per heavy atom. The third-order valence-corrected chi connectivity index (χ3v) is 2.93. The van der Waals surface area contributed by atoms with Gasteiger partial charge in [0.05, 0.1) is 7.11 Å². The molecule has 0 N–H and O–H groups in total. The number of aryl methyl sites for hydroxylation is 2. The minimum absolute atomic E-state index is 0.408. The van der Waals surface area contributed by atoms with Crippen LogP contribution in [0.15, 0.2) is 42.5 Å². The lowest BCUT2D eigenvalue weighted by Gasteiger charge is -2.11. The van der Waals surface area contributed by atoms with Crippen LogP contribution in [0.5, 0.6) is 11.5 Å². The Morgan fingerprint density at radius 1 is 0.947 bits per heavy atom. The predicted molar refractivity (Wildman–Crippen MR) is 73.9 cm³/mol. The van der Waals surface area contributed by atoms with Crippen molar-refractivity contribution in [3.63, 3.8) is 0 Å². The lowest BCUT2D eigenvalue weighted by molar-refractivity contribution is 0.0729. The summed E-state index contributed by atoms with van der Waals surface area (Å²) in [5.41, 5.74) is 2.29. The van der Waals surface area contributed by atoms with Gasteiger partial charge in [0.2, 0.25) is 0 Å². The molecule has 0 aliphatic heterocycles. The van der Waals surface area contributed by atoms with E-state index in [0.717, 1.165) is 11.1 Å². The Labute approximate surface area is 112 Å². The topological polar surface area (TPSA) is 35.5 Å². The number of benzene rings is 2. The van der Waals surface area contributed by atoms with Gasteiger partial charge < -0.3 is 9.47 Å². The van der Waals surface area contributed by atoms with Crippen LogP contribution in [0.25, 0.3) is 0 Å². The second-order valence-corrected chi connectivity index (χ2v) is 4.31. The SMILES string of the molecule is COc1ccccc1C(=O)Oc1c(C)cccc1C. The Balaban J connectivity index is 2.31. The summed E-state index contributed by atoms with van der Waals surface area (Å²) in [5.74, 6) is 0.715. The first-order chi connectivity index (χ1) is 9.13. The molecule has 0 aliphatic carbocycles. The first-order valence-corrected chi connectivity index (χ1v) is 6.05. The third kappa shape index (κ3) is 2.76. The molecule has 0 saturated carbocycles. The molecule has 98 valence electrons. The number of carbonyl (C=O) groups is 1. The second-order valence-electron chi connectivity index (χ2n) is 4.31. The summed E-state index contributed by atoms with van der Waals surface area (Å²) < 4.78 is 10.6. The van der Waals surface area contributed by atoms with Crippen LogP contribution in [0, 0.1) is 13.8 Å². The van der Waals surface area contributed by atoms with Gasteiger partial charge in [0.15, 0.2) is 0 Å². The Kier molecular flexibility index (Phi) is 3.85. The van der Waals surface area contributed by atoms with Crippen molar-refractivity contribution in [2.75, 3.05) is 7.11 Å². The van der Waals surface area contributed by atoms with E-state index in [1.807, 2.05) is 38.1 Å². The lowest BCUT2D eigenvalue weighted by Crippen LogP contribution is -2.11. The Hall–Kier alpha value is -2.29. The van der Waals surface area contributed by atoms with E-state index in [2.05, 4.69) is 0 Å². The number of carbonyl (C=O) groups excluding carboxylic acids is 1. The zero-order valence-electron chi connectivity index (χ0n) is 11.3. The summed E-state index contributed by atoms with van der Waals surface area (Å²) in [7, 11) is 1.53. The van der Waals surface area contributed by atoms with Gasteiger partial charge in [-0.05, 0) is 37.1 Å². The average molecular weight is 256 g/mol. The van der Waals surface area contributed by atoms with Gasteiger partial charge >= 0.3 is 5.97 Å². The van der Waals surface area contributed by atoms with Crippen LogP contribution in [0.1, 0.15) is 21.5 Å². The first-order valence-electron chi connectivity index (χ1n) is 6.05. The van der Waals surface area contributed by atoms with Crippen molar-refractivity contribution in [2.45, 2.75) is 13.8 Å². The summed E-state index contributed by atoms with van der Waals surface area (Å²) in [4.78, 5) is 12.2. The molecule has 0 unspecified atom stereocenters. The number of methoxy groups -OCH3 is 1. The van der Waals surface area contributed by atoms with E-state index in [1.54, 1.807) is 18.2 Å². The first kappa shape index (κ1) is 13.1. The van der Waals surface area contributed by atoms with Crippen LogP contribution in [0.4, 0.5) is 0 Å². The lowest BCUT2D eigenvalue weighted by atomic mass is 10.1. The molecular formula is C16H16O3. The highest BCUT2D eigenvalue weighted by molar-refractivity contribution is 5.94. The van der Waals surface area contributed by atoms with Crippen LogP contribution < -0.4 is 9.47 Å². The molecule has 3 heteroatoms. The van der Waals surface area contributed by atoms with Crippen LogP contribution in [0.3, 0.4) is 0 Å². The predicted octanol–water partition coefficient (Wildman–Crippen LogP) is 3.53. The minimum Gasteiger partial charge on any atom is -0.496 e. The Morgan fingerprint density at radius 3 is 2.21 bits per heavy atom. The zero-order chi connectivity index (χ0) is 13.8. The van der Waals surface area contributed by atoms with E-state index in [9.17, 15) is 4.79 Å². The van der Waals surface area contributed by atoms with E-state index >= 15 is 0 Å². The van der Waals surface area contributed by atoms with Crippen molar-refractivity contribution in [2.24, 2.45) is 0 Å². The van der Waals surface area contributed by atoms with Crippen LogP contribution in [0.2, 0.25) is 0 Å². The molecule has 0 spiro atoms. The van der Waals surface area contributed by atoms with Crippen LogP contribution in [-0.2, 0) is 0 Å².